The molecule has 0 bridgehead atoms. The van der Waals surface area contributed by atoms with Gasteiger partial charge in [0.05, 0.1) is 11.0 Å². The van der Waals surface area contributed by atoms with E-state index in [2.05, 4.69) is 16.9 Å². The first-order chi connectivity index (χ1) is 10.7. The number of rotatable bonds is 4. The maximum absolute atomic E-state index is 12.5. The van der Waals surface area contributed by atoms with Crippen molar-refractivity contribution >= 4 is 41.8 Å². The van der Waals surface area contributed by atoms with Crippen LogP contribution in [0.15, 0.2) is 24.3 Å². The SMILES string of the molecule is CC1CCN(C(=O)CCc2nc3ccccc3[nH]2)C(CN)C1.Cl.Cl. The summed E-state index contributed by atoms with van der Waals surface area (Å²) in [6.07, 6.45) is 3.24. The maximum atomic E-state index is 12.5. The molecule has 1 amide bonds. The largest absolute Gasteiger partial charge is 0.342 e. The van der Waals surface area contributed by atoms with Crippen LogP contribution in [0.5, 0.6) is 0 Å². The molecular formula is C17H26Cl2N4O. The van der Waals surface area contributed by atoms with Crippen LogP contribution in [-0.2, 0) is 11.2 Å². The summed E-state index contributed by atoms with van der Waals surface area (Å²) in [4.78, 5) is 22.3. The molecule has 24 heavy (non-hydrogen) atoms. The minimum Gasteiger partial charge on any atom is -0.342 e. The minimum atomic E-state index is 0. The molecule has 1 aromatic heterocycles. The maximum Gasteiger partial charge on any atom is 0.223 e. The van der Waals surface area contributed by atoms with Crippen LogP contribution in [0.25, 0.3) is 11.0 Å². The van der Waals surface area contributed by atoms with Gasteiger partial charge in [0.2, 0.25) is 5.91 Å². The van der Waals surface area contributed by atoms with E-state index in [1.165, 1.54) is 0 Å². The van der Waals surface area contributed by atoms with E-state index in [0.717, 1.165) is 36.2 Å². The van der Waals surface area contributed by atoms with E-state index in [-0.39, 0.29) is 36.8 Å². The van der Waals surface area contributed by atoms with Crippen molar-refractivity contribution in [3.8, 4) is 0 Å². The standard InChI is InChI=1S/C17H24N4O.2ClH/c1-12-8-9-21(13(10-12)11-18)17(22)7-6-16-19-14-4-2-3-5-15(14)20-16;;/h2-5,12-13H,6-11,18H2,1H3,(H,19,20);2*1H. The summed E-state index contributed by atoms with van der Waals surface area (Å²) in [5.74, 6) is 1.74. The number of nitrogens with one attached hydrogen (secondary N) is 1. The summed E-state index contributed by atoms with van der Waals surface area (Å²) in [5.41, 5.74) is 7.82. The first kappa shape index (κ1) is 20.7. The highest BCUT2D eigenvalue weighted by Gasteiger charge is 2.28. The predicted octanol–water partition coefficient (Wildman–Crippen LogP) is 2.92. The third-order valence-corrected chi connectivity index (χ3v) is 4.58. The number of nitrogens with two attached hydrogens (primary N) is 1. The van der Waals surface area contributed by atoms with Gasteiger partial charge in [-0.15, -0.1) is 24.8 Å². The highest BCUT2D eigenvalue weighted by Crippen LogP contribution is 2.23. The number of hydrogen-bond donors (Lipinski definition) is 2. The molecule has 0 radical (unpaired) electrons. The molecule has 2 heterocycles. The quantitative estimate of drug-likeness (QED) is 0.865. The van der Waals surface area contributed by atoms with Crippen molar-refractivity contribution in [2.75, 3.05) is 13.1 Å². The summed E-state index contributed by atoms with van der Waals surface area (Å²) in [5, 5.41) is 0. The van der Waals surface area contributed by atoms with Gasteiger partial charge >= 0.3 is 0 Å². The molecule has 1 saturated heterocycles. The van der Waals surface area contributed by atoms with E-state index >= 15 is 0 Å². The number of carbonyl (C=O) groups is 1. The smallest absolute Gasteiger partial charge is 0.223 e. The van der Waals surface area contributed by atoms with Crippen molar-refractivity contribution in [1.82, 2.24) is 14.9 Å². The normalized spacial score (nSPS) is 20.3. The van der Waals surface area contributed by atoms with E-state index in [0.29, 0.717) is 25.3 Å². The Bertz CT molecular complexity index is 628. The molecule has 0 aliphatic carbocycles. The predicted molar refractivity (Wildman–Crippen MR) is 102 cm³/mol. The number of fused-ring (bicyclic) bond motifs is 1. The monoisotopic (exact) mass is 372 g/mol. The van der Waals surface area contributed by atoms with Crippen LogP contribution in [-0.4, -0.2) is 39.9 Å². The van der Waals surface area contributed by atoms with Gasteiger partial charge in [0.1, 0.15) is 5.82 Å². The van der Waals surface area contributed by atoms with Gasteiger partial charge in [-0.1, -0.05) is 19.1 Å². The lowest BCUT2D eigenvalue weighted by Crippen LogP contribution is -2.49. The molecule has 134 valence electrons. The van der Waals surface area contributed by atoms with Crippen LogP contribution in [0.3, 0.4) is 0 Å². The Hall–Kier alpha value is -1.30. The lowest BCUT2D eigenvalue weighted by atomic mass is 9.92. The second kappa shape index (κ2) is 9.25. The van der Waals surface area contributed by atoms with Crippen molar-refractivity contribution in [3.05, 3.63) is 30.1 Å². The molecule has 0 saturated carbocycles. The number of aryl methyl sites for hydroxylation is 1. The minimum absolute atomic E-state index is 0. The summed E-state index contributed by atoms with van der Waals surface area (Å²) in [6, 6.07) is 8.14. The van der Waals surface area contributed by atoms with E-state index < -0.39 is 0 Å². The topological polar surface area (TPSA) is 75.0 Å². The fourth-order valence-corrected chi connectivity index (χ4v) is 3.30. The molecule has 1 fully saturated rings. The van der Waals surface area contributed by atoms with Gasteiger partial charge in [-0.05, 0) is 30.9 Å². The first-order valence-corrected chi connectivity index (χ1v) is 8.10. The van der Waals surface area contributed by atoms with Crippen molar-refractivity contribution in [3.63, 3.8) is 0 Å². The van der Waals surface area contributed by atoms with E-state index in [9.17, 15) is 4.79 Å². The van der Waals surface area contributed by atoms with E-state index in [1.807, 2.05) is 29.2 Å². The first-order valence-electron chi connectivity index (χ1n) is 8.10. The average molecular weight is 373 g/mol. The van der Waals surface area contributed by atoms with Crippen LogP contribution < -0.4 is 5.73 Å². The van der Waals surface area contributed by atoms with Crippen LogP contribution in [0, 0.1) is 5.92 Å². The van der Waals surface area contributed by atoms with Crippen LogP contribution in [0.2, 0.25) is 0 Å². The Kier molecular flexibility index (Phi) is 8.00. The van der Waals surface area contributed by atoms with E-state index in [1.54, 1.807) is 0 Å². The van der Waals surface area contributed by atoms with Crippen molar-refractivity contribution in [2.24, 2.45) is 11.7 Å². The second-order valence-electron chi connectivity index (χ2n) is 6.31. The lowest BCUT2D eigenvalue weighted by Gasteiger charge is -2.38. The molecular weight excluding hydrogens is 347 g/mol. The Morgan fingerprint density at radius 3 is 2.83 bits per heavy atom. The van der Waals surface area contributed by atoms with E-state index in [4.69, 9.17) is 5.73 Å². The highest BCUT2D eigenvalue weighted by atomic mass is 35.5. The number of halogens is 2. The fraction of sp³-hybridized carbons (Fsp3) is 0.529. The molecule has 1 aromatic carbocycles. The highest BCUT2D eigenvalue weighted by molar-refractivity contribution is 5.85. The third kappa shape index (κ3) is 4.62. The molecule has 2 atom stereocenters. The number of carbonyl (C=O) groups excluding carboxylic acids is 1. The number of benzene rings is 1. The third-order valence-electron chi connectivity index (χ3n) is 4.58. The molecule has 1 aliphatic rings. The Morgan fingerprint density at radius 1 is 1.38 bits per heavy atom. The van der Waals surface area contributed by atoms with Gasteiger partial charge in [0.25, 0.3) is 0 Å². The zero-order valence-corrected chi connectivity index (χ0v) is 15.5. The summed E-state index contributed by atoms with van der Waals surface area (Å²) in [7, 11) is 0. The van der Waals surface area contributed by atoms with Crippen LogP contribution in [0.4, 0.5) is 0 Å². The number of hydrogen-bond acceptors (Lipinski definition) is 3. The number of aromatic amines is 1. The molecule has 5 nitrogen and oxygen atoms in total. The van der Waals surface area contributed by atoms with Crippen LogP contribution >= 0.6 is 24.8 Å². The molecule has 3 N–H and O–H groups in total. The summed E-state index contributed by atoms with van der Waals surface area (Å²) < 4.78 is 0. The number of imidazole rings is 1. The summed E-state index contributed by atoms with van der Waals surface area (Å²) >= 11 is 0. The Labute approximate surface area is 155 Å². The van der Waals surface area contributed by atoms with Gasteiger partial charge in [0, 0.05) is 32.0 Å². The lowest BCUT2D eigenvalue weighted by molar-refractivity contribution is -0.135. The zero-order valence-electron chi connectivity index (χ0n) is 13.9. The van der Waals surface area contributed by atoms with Gasteiger partial charge in [-0.2, -0.15) is 0 Å². The molecule has 1 aliphatic heterocycles. The Balaban J connectivity index is 0.00000144. The van der Waals surface area contributed by atoms with Crippen molar-refractivity contribution in [1.29, 1.82) is 0 Å². The number of nitrogens with zero attached hydrogens (tertiary/aromatic N) is 2. The average Bonchev–Trinajstić information content (AvgIpc) is 2.95. The number of likely N-dealkylation sites (tertiary alicyclic amines) is 1. The molecule has 0 spiro atoms. The van der Waals surface area contributed by atoms with Crippen molar-refractivity contribution < 1.29 is 4.79 Å². The second-order valence-corrected chi connectivity index (χ2v) is 6.31. The number of H-pyrrole nitrogens is 1. The number of aromatic nitrogens is 2. The van der Waals surface area contributed by atoms with Crippen molar-refractivity contribution in [2.45, 2.75) is 38.6 Å². The van der Waals surface area contributed by atoms with Gasteiger partial charge in [-0.25, -0.2) is 4.98 Å². The molecule has 2 unspecified atom stereocenters. The number of piperidine rings is 1. The number of amides is 1. The molecule has 2 aromatic rings. The zero-order chi connectivity index (χ0) is 15.5. The number of para-hydroxylation sites is 2. The Morgan fingerprint density at radius 2 is 2.12 bits per heavy atom. The molecule has 7 heteroatoms. The van der Waals surface area contributed by atoms with Gasteiger partial charge < -0.3 is 15.6 Å². The summed E-state index contributed by atoms with van der Waals surface area (Å²) in [6.45, 7) is 3.63. The van der Waals surface area contributed by atoms with Gasteiger partial charge in [0.15, 0.2) is 0 Å². The molecule has 3 rings (SSSR count). The van der Waals surface area contributed by atoms with Crippen LogP contribution in [0.1, 0.15) is 32.0 Å². The van der Waals surface area contributed by atoms with Gasteiger partial charge in [-0.3, -0.25) is 4.79 Å². The fourth-order valence-electron chi connectivity index (χ4n) is 3.30.